The Balaban J connectivity index is 1.93. The third-order valence-corrected chi connectivity index (χ3v) is 7.66. The Hall–Kier alpha value is -3.54. The van der Waals surface area contributed by atoms with Gasteiger partial charge in [0.25, 0.3) is 0 Å². The molecule has 0 amide bonds. The van der Waals surface area contributed by atoms with E-state index in [0.717, 1.165) is 33.7 Å². The second-order valence-electron chi connectivity index (χ2n) is 9.82. The van der Waals surface area contributed by atoms with Gasteiger partial charge in [-0.2, -0.15) is 0 Å². The lowest BCUT2D eigenvalue weighted by Crippen LogP contribution is -2.38. The highest BCUT2D eigenvalue weighted by Gasteiger charge is 2.31. The van der Waals surface area contributed by atoms with Crippen LogP contribution < -0.4 is 9.46 Å². The molecule has 0 aliphatic carbocycles. The van der Waals surface area contributed by atoms with E-state index in [4.69, 9.17) is 9.73 Å². The molecule has 0 aliphatic rings. The van der Waals surface area contributed by atoms with Gasteiger partial charge in [0.1, 0.15) is 5.75 Å². The van der Waals surface area contributed by atoms with Crippen molar-refractivity contribution in [3.63, 3.8) is 0 Å². The third kappa shape index (κ3) is 6.82. The molecular formula is C32H34N2O2S. The van der Waals surface area contributed by atoms with Crippen molar-refractivity contribution in [3.05, 3.63) is 138 Å². The molecule has 0 aliphatic heterocycles. The van der Waals surface area contributed by atoms with Gasteiger partial charge in [-0.05, 0) is 44.0 Å². The quantitative estimate of drug-likeness (QED) is 0.245. The number of methoxy groups -OCH3 is 1. The zero-order valence-electron chi connectivity index (χ0n) is 21.8. The molecule has 0 bridgehead atoms. The molecule has 0 radical (unpaired) electrons. The SMILES string of the molecule is COc1ccc([C@@H](NS(=O)C(C)(C)C)[C@@H](N=C(c2ccccc2)c2ccccc2)c2ccccc2)cc1. The maximum atomic E-state index is 13.5. The minimum atomic E-state index is -1.32. The van der Waals surface area contributed by atoms with Crippen molar-refractivity contribution in [1.82, 2.24) is 4.72 Å². The summed E-state index contributed by atoms with van der Waals surface area (Å²) in [5.41, 5.74) is 4.96. The van der Waals surface area contributed by atoms with Gasteiger partial charge in [-0.1, -0.05) is 103 Å². The molecule has 4 aromatic rings. The molecule has 0 heterocycles. The maximum Gasteiger partial charge on any atom is 0.118 e. The van der Waals surface area contributed by atoms with E-state index in [1.165, 1.54) is 0 Å². The first kappa shape index (κ1) is 26.5. The number of nitrogens with zero attached hydrogens (tertiary/aromatic N) is 1. The standard InChI is InChI=1S/C32H34N2O2S/c1-32(2,3)37(35)34-31(27-20-22-28(36-4)23-21-27)30(26-18-12-7-13-19-26)33-29(24-14-8-5-9-15-24)25-16-10-6-11-17-25/h5-23,30-31,34H,1-4H3/t30-,31+,37?/m0/s1. The second-order valence-corrected chi connectivity index (χ2v) is 11.8. The molecule has 37 heavy (non-hydrogen) atoms. The normalized spacial score (nSPS) is 13.8. The smallest absolute Gasteiger partial charge is 0.118 e. The highest BCUT2D eigenvalue weighted by molar-refractivity contribution is 7.84. The second kappa shape index (κ2) is 12.1. The van der Waals surface area contributed by atoms with Gasteiger partial charge in [0, 0.05) is 11.1 Å². The van der Waals surface area contributed by atoms with E-state index in [2.05, 4.69) is 41.1 Å². The summed E-state index contributed by atoms with van der Waals surface area (Å²) in [6.45, 7) is 5.92. The largest absolute Gasteiger partial charge is 0.497 e. The van der Waals surface area contributed by atoms with Crippen LogP contribution in [0.3, 0.4) is 0 Å². The van der Waals surface area contributed by atoms with Gasteiger partial charge in [-0.3, -0.25) is 4.99 Å². The van der Waals surface area contributed by atoms with Gasteiger partial charge >= 0.3 is 0 Å². The van der Waals surface area contributed by atoms with Crippen molar-refractivity contribution < 1.29 is 8.95 Å². The first-order chi connectivity index (χ1) is 17.9. The molecule has 1 N–H and O–H groups in total. The Morgan fingerprint density at radius 3 is 1.68 bits per heavy atom. The van der Waals surface area contributed by atoms with Crippen molar-refractivity contribution in [1.29, 1.82) is 0 Å². The van der Waals surface area contributed by atoms with Gasteiger partial charge in [-0.25, -0.2) is 8.93 Å². The zero-order valence-corrected chi connectivity index (χ0v) is 22.6. The predicted octanol–water partition coefficient (Wildman–Crippen LogP) is 7.07. The van der Waals surface area contributed by atoms with Crippen molar-refractivity contribution in [2.45, 2.75) is 37.6 Å². The van der Waals surface area contributed by atoms with Crippen LogP contribution >= 0.6 is 0 Å². The van der Waals surface area contributed by atoms with Crippen LogP contribution in [-0.4, -0.2) is 21.8 Å². The summed E-state index contributed by atoms with van der Waals surface area (Å²) in [4.78, 5) is 5.43. The van der Waals surface area contributed by atoms with Gasteiger partial charge < -0.3 is 4.74 Å². The van der Waals surface area contributed by atoms with Crippen LogP contribution in [0.15, 0.2) is 120 Å². The van der Waals surface area contributed by atoms with E-state index in [0.29, 0.717) is 0 Å². The number of benzene rings is 4. The third-order valence-electron chi connectivity index (χ3n) is 6.08. The summed E-state index contributed by atoms with van der Waals surface area (Å²) in [6, 6.07) is 37.9. The van der Waals surface area contributed by atoms with Gasteiger partial charge in [0.05, 0.1) is 40.6 Å². The number of nitrogens with one attached hydrogen (secondary N) is 1. The van der Waals surface area contributed by atoms with Crippen LogP contribution in [0.2, 0.25) is 0 Å². The summed E-state index contributed by atoms with van der Waals surface area (Å²) in [6.07, 6.45) is 0. The van der Waals surface area contributed by atoms with Crippen molar-refractivity contribution in [3.8, 4) is 5.75 Å². The zero-order chi connectivity index (χ0) is 26.3. The Bertz CT molecular complexity index is 1270. The molecule has 1 unspecified atom stereocenters. The Labute approximate surface area is 223 Å². The Morgan fingerprint density at radius 1 is 0.730 bits per heavy atom. The van der Waals surface area contributed by atoms with Gasteiger partial charge in [0.15, 0.2) is 0 Å². The van der Waals surface area contributed by atoms with Crippen LogP contribution in [0, 0.1) is 0 Å². The molecule has 4 rings (SSSR count). The van der Waals surface area contributed by atoms with Crippen LogP contribution in [0.5, 0.6) is 5.75 Å². The lowest BCUT2D eigenvalue weighted by Gasteiger charge is -2.30. The molecule has 5 heteroatoms. The molecule has 0 saturated heterocycles. The predicted molar refractivity (Wildman–Crippen MR) is 154 cm³/mol. The van der Waals surface area contributed by atoms with E-state index in [1.807, 2.05) is 99.6 Å². The summed E-state index contributed by atoms with van der Waals surface area (Å²) in [5, 5.41) is 0. The molecule has 190 valence electrons. The highest BCUT2D eigenvalue weighted by Crippen LogP contribution is 2.35. The van der Waals surface area contributed by atoms with Crippen LogP contribution in [0.25, 0.3) is 0 Å². The van der Waals surface area contributed by atoms with Crippen molar-refractivity contribution in [2.24, 2.45) is 4.99 Å². The number of hydrogen-bond acceptors (Lipinski definition) is 3. The average molecular weight is 511 g/mol. The van der Waals surface area contributed by atoms with E-state index in [9.17, 15) is 4.21 Å². The fraction of sp³-hybridized carbons (Fsp3) is 0.219. The average Bonchev–Trinajstić information content (AvgIpc) is 2.93. The van der Waals surface area contributed by atoms with Crippen LogP contribution in [-0.2, 0) is 11.0 Å². The Kier molecular flexibility index (Phi) is 8.70. The van der Waals surface area contributed by atoms with E-state index >= 15 is 0 Å². The lowest BCUT2D eigenvalue weighted by atomic mass is 9.93. The molecular weight excluding hydrogens is 476 g/mol. The Morgan fingerprint density at radius 2 is 1.22 bits per heavy atom. The van der Waals surface area contributed by atoms with Crippen LogP contribution in [0.4, 0.5) is 0 Å². The fourth-order valence-electron chi connectivity index (χ4n) is 4.06. The van der Waals surface area contributed by atoms with Crippen molar-refractivity contribution in [2.75, 3.05) is 7.11 Å². The fourth-order valence-corrected chi connectivity index (χ4v) is 4.91. The summed E-state index contributed by atoms with van der Waals surface area (Å²) < 4.78 is 21.9. The molecule has 0 aromatic heterocycles. The molecule has 0 saturated carbocycles. The van der Waals surface area contributed by atoms with E-state index < -0.39 is 15.7 Å². The number of rotatable bonds is 9. The molecule has 0 spiro atoms. The first-order valence-electron chi connectivity index (χ1n) is 12.4. The lowest BCUT2D eigenvalue weighted by molar-refractivity contribution is 0.414. The van der Waals surface area contributed by atoms with E-state index in [1.54, 1.807) is 7.11 Å². The number of hydrogen-bond donors (Lipinski definition) is 1. The monoisotopic (exact) mass is 510 g/mol. The first-order valence-corrected chi connectivity index (χ1v) is 13.6. The number of ether oxygens (including phenoxy) is 1. The highest BCUT2D eigenvalue weighted by atomic mass is 32.2. The van der Waals surface area contributed by atoms with Gasteiger partial charge in [0.2, 0.25) is 0 Å². The summed E-state index contributed by atoms with van der Waals surface area (Å²) >= 11 is 0. The number of aliphatic imine (C=N–C) groups is 1. The van der Waals surface area contributed by atoms with Crippen molar-refractivity contribution >= 4 is 16.7 Å². The minimum Gasteiger partial charge on any atom is -0.497 e. The van der Waals surface area contributed by atoms with E-state index in [-0.39, 0.29) is 12.1 Å². The maximum absolute atomic E-state index is 13.5. The summed E-state index contributed by atoms with van der Waals surface area (Å²) in [7, 11) is 0.332. The molecule has 4 aromatic carbocycles. The van der Waals surface area contributed by atoms with Gasteiger partial charge in [-0.15, -0.1) is 0 Å². The molecule has 0 fully saturated rings. The topological polar surface area (TPSA) is 50.7 Å². The minimum absolute atomic E-state index is 0.351. The van der Waals surface area contributed by atoms with Crippen LogP contribution in [0.1, 0.15) is 55.1 Å². The molecule has 4 nitrogen and oxygen atoms in total. The molecule has 3 atom stereocenters. The summed E-state index contributed by atoms with van der Waals surface area (Å²) in [5.74, 6) is 0.772.